The van der Waals surface area contributed by atoms with Crippen LogP contribution in [0.4, 0.5) is 0 Å². The molecule has 0 fully saturated rings. The minimum Gasteiger partial charge on any atom is -0.471 e. The van der Waals surface area contributed by atoms with E-state index < -0.39 is 5.69 Å². The highest BCUT2D eigenvalue weighted by Crippen LogP contribution is 2.27. The Morgan fingerprint density at radius 1 is 1.22 bits per heavy atom. The smallest absolute Gasteiger partial charge is 0.350 e. The van der Waals surface area contributed by atoms with E-state index in [9.17, 15) is 4.79 Å². The number of aromatic nitrogens is 2. The molecule has 0 saturated heterocycles. The van der Waals surface area contributed by atoms with Gasteiger partial charge in [0, 0.05) is 11.2 Å². The predicted molar refractivity (Wildman–Crippen MR) is 70.6 cm³/mol. The Labute approximate surface area is 118 Å². The standard InChI is InChI=1S/C11H7Cl3N2O2/c12-7-1-2-10(9(14)3-7)18-6-16-5-8(13)4-15-11(16)17/h1-5H,6H2. The summed E-state index contributed by atoms with van der Waals surface area (Å²) in [5.41, 5.74) is -0.454. The van der Waals surface area contributed by atoms with Crippen LogP contribution < -0.4 is 10.4 Å². The van der Waals surface area contributed by atoms with Gasteiger partial charge in [-0.15, -0.1) is 0 Å². The van der Waals surface area contributed by atoms with E-state index in [2.05, 4.69) is 4.98 Å². The Morgan fingerprint density at radius 2 is 2.00 bits per heavy atom. The molecule has 1 aromatic carbocycles. The second kappa shape index (κ2) is 5.61. The zero-order valence-corrected chi connectivity index (χ0v) is 11.2. The first kappa shape index (κ1) is 13.2. The van der Waals surface area contributed by atoms with Crippen molar-refractivity contribution in [1.29, 1.82) is 0 Å². The van der Waals surface area contributed by atoms with Crippen LogP contribution in [0.2, 0.25) is 15.1 Å². The average Bonchev–Trinajstić information content (AvgIpc) is 2.32. The minimum atomic E-state index is -0.454. The van der Waals surface area contributed by atoms with Gasteiger partial charge in [-0.05, 0) is 18.2 Å². The van der Waals surface area contributed by atoms with E-state index in [0.717, 1.165) is 0 Å². The average molecular weight is 306 g/mol. The monoisotopic (exact) mass is 304 g/mol. The molecule has 7 heteroatoms. The third-order valence-corrected chi connectivity index (χ3v) is 2.80. The van der Waals surface area contributed by atoms with Crippen LogP contribution in [0.15, 0.2) is 35.4 Å². The van der Waals surface area contributed by atoms with Crippen LogP contribution >= 0.6 is 34.8 Å². The van der Waals surface area contributed by atoms with E-state index in [0.29, 0.717) is 20.8 Å². The molecule has 18 heavy (non-hydrogen) atoms. The summed E-state index contributed by atoms with van der Waals surface area (Å²) in [6.07, 6.45) is 2.70. The van der Waals surface area contributed by atoms with Crippen molar-refractivity contribution < 1.29 is 4.74 Å². The second-order valence-corrected chi connectivity index (χ2v) is 4.65. The molecule has 0 N–H and O–H groups in total. The molecule has 0 bridgehead atoms. The number of rotatable bonds is 3. The molecule has 94 valence electrons. The Bertz CT molecular complexity index is 628. The molecular formula is C11H7Cl3N2O2. The number of hydrogen-bond acceptors (Lipinski definition) is 3. The van der Waals surface area contributed by atoms with Gasteiger partial charge in [0.1, 0.15) is 5.75 Å². The van der Waals surface area contributed by atoms with E-state index in [4.69, 9.17) is 39.5 Å². The number of ether oxygens (including phenoxy) is 1. The lowest BCUT2D eigenvalue weighted by molar-refractivity contribution is 0.230. The van der Waals surface area contributed by atoms with E-state index in [1.165, 1.54) is 17.0 Å². The third kappa shape index (κ3) is 3.16. The summed E-state index contributed by atoms with van der Waals surface area (Å²) >= 11 is 17.4. The highest BCUT2D eigenvalue weighted by Gasteiger charge is 2.04. The van der Waals surface area contributed by atoms with Crippen LogP contribution in [0.5, 0.6) is 5.75 Å². The lowest BCUT2D eigenvalue weighted by Gasteiger charge is -2.09. The Kier molecular flexibility index (Phi) is 4.11. The maximum absolute atomic E-state index is 11.4. The van der Waals surface area contributed by atoms with Crippen molar-refractivity contribution >= 4 is 34.8 Å². The molecule has 0 unspecified atom stereocenters. The van der Waals surface area contributed by atoms with Crippen LogP contribution in [0.3, 0.4) is 0 Å². The van der Waals surface area contributed by atoms with Gasteiger partial charge in [-0.2, -0.15) is 4.98 Å². The Balaban J connectivity index is 2.16. The molecule has 1 heterocycles. The van der Waals surface area contributed by atoms with E-state index >= 15 is 0 Å². The fraction of sp³-hybridized carbons (Fsp3) is 0.0909. The third-order valence-electron chi connectivity index (χ3n) is 2.08. The number of hydrogen-bond donors (Lipinski definition) is 0. The Morgan fingerprint density at radius 3 is 2.72 bits per heavy atom. The zero-order valence-electron chi connectivity index (χ0n) is 8.94. The van der Waals surface area contributed by atoms with E-state index in [1.807, 2.05) is 0 Å². The molecule has 0 aliphatic rings. The molecular weight excluding hydrogens is 298 g/mol. The van der Waals surface area contributed by atoms with Crippen molar-refractivity contribution in [2.24, 2.45) is 0 Å². The van der Waals surface area contributed by atoms with Crippen LogP contribution in [0, 0.1) is 0 Å². The lowest BCUT2D eigenvalue weighted by Crippen LogP contribution is -2.24. The maximum Gasteiger partial charge on any atom is 0.350 e. The molecule has 0 aliphatic heterocycles. The summed E-state index contributed by atoms with van der Waals surface area (Å²) in [5.74, 6) is 0.424. The maximum atomic E-state index is 11.4. The van der Waals surface area contributed by atoms with Crippen molar-refractivity contribution in [3.63, 3.8) is 0 Å². The molecule has 2 aromatic rings. The summed E-state index contributed by atoms with van der Waals surface area (Å²) < 4.78 is 6.62. The summed E-state index contributed by atoms with van der Waals surface area (Å²) in [5, 5.41) is 1.22. The van der Waals surface area contributed by atoms with Crippen molar-refractivity contribution in [2.75, 3.05) is 0 Å². The fourth-order valence-electron chi connectivity index (χ4n) is 1.25. The molecule has 0 saturated carbocycles. The van der Waals surface area contributed by atoms with Gasteiger partial charge < -0.3 is 4.74 Å². The zero-order chi connectivity index (χ0) is 13.1. The highest BCUT2D eigenvalue weighted by molar-refractivity contribution is 6.35. The van der Waals surface area contributed by atoms with Gasteiger partial charge in [0.15, 0.2) is 6.73 Å². The molecule has 0 spiro atoms. The highest BCUT2D eigenvalue weighted by atomic mass is 35.5. The molecule has 1 aromatic heterocycles. The van der Waals surface area contributed by atoms with Gasteiger partial charge in [-0.25, -0.2) is 4.79 Å². The van der Waals surface area contributed by atoms with Gasteiger partial charge in [0.05, 0.1) is 16.2 Å². The largest absolute Gasteiger partial charge is 0.471 e. The molecule has 0 amide bonds. The van der Waals surface area contributed by atoms with Crippen LogP contribution in [0.25, 0.3) is 0 Å². The van der Waals surface area contributed by atoms with Crippen LogP contribution in [-0.4, -0.2) is 9.55 Å². The van der Waals surface area contributed by atoms with Gasteiger partial charge in [0.25, 0.3) is 0 Å². The lowest BCUT2D eigenvalue weighted by atomic mass is 10.3. The summed E-state index contributed by atoms with van der Waals surface area (Å²) in [6, 6.07) is 4.81. The van der Waals surface area contributed by atoms with Crippen LogP contribution in [0.1, 0.15) is 0 Å². The molecule has 0 atom stereocenters. The molecule has 0 aliphatic carbocycles. The molecule has 0 radical (unpaired) electrons. The van der Waals surface area contributed by atoms with Crippen molar-refractivity contribution in [3.05, 3.63) is 56.1 Å². The fourth-order valence-corrected chi connectivity index (χ4v) is 1.88. The van der Waals surface area contributed by atoms with Gasteiger partial charge in [-0.1, -0.05) is 34.8 Å². The number of halogens is 3. The molecule has 4 nitrogen and oxygen atoms in total. The molecule has 2 rings (SSSR count). The van der Waals surface area contributed by atoms with E-state index in [1.54, 1.807) is 18.2 Å². The van der Waals surface area contributed by atoms with Gasteiger partial charge in [0.2, 0.25) is 0 Å². The van der Waals surface area contributed by atoms with Gasteiger partial charge in [-0.3, -0.25) is 4.57 Å². The minimum absolute atomic E-state index is 0.0340. The summed E-state index contributed by atoms with van der Waals surface area (Å²) in [6.45, 7) is -0.0340. The summed E-state index contributed by atoms with van der Waals surface area (Å²) in [4.78, 5) is 15.0. The summed E-state index contributed by atoms with van der Waals surface area (Å²) in [7, 11) is 0. The quantitative estimate of drug-likeness (QED) is 0.874. The SMILES string of the molecule is O=c1ncc(Cl)cn1COc1ccc(Cl)cc1Cl. The Hall–Kier alpha value is -1.23. The second-order valence-electron chi connectivity index (χ2n) is 3.37. The predicted octanol–water partition coefficient (Wildman–Crippen LogP) is 3.24. The normalized spacial score (nSPS) is 10.4. The van der Waals surface area contributed by atoms with Crippen molar-refractivity contribution in [1.82, 2.24) is 9.55 Å². The van der Waals surface area contributed by atoms with Gasteiger partial charge >= 0.3 is 5.69 Å². The first-order valence-electron chi connectivity index (χ1n) is 4.86. The number of nitrogens with zero attached hydrogens (tertiary/aromatic N) is 2. The first-order chi connectivity index (χ1) is 8.56. The van der Waals surface area contributed by atoms with Crippen molar-refractivity contribution in [3.8, 4) is 5.75 Å². The number of benzene rings is 1. The van der Waals surface area contributed by atoms with E-state index in [-0.39, 0.29) is 6.73 Å². The topological polar surface area (TPSA) is 44.1 Å². The first-order valence-corrected chi connectivity index (χ1v) is 5.99. The van der Waals surface area contributed by atoms with Crippen molar-refractivity contribution in [2.45, 2.75) is 6.73 Å². The van der Waals surface area contributed by atoms with Crippen LogP contribution in [-0.2, 0) is 6.73 Å².